The molecule has 2 unspecified atom stereocenters. The first-order valence-electron chi connectivity index (χ1n) is 6.63. The molecule has 1 saturated carbocycles. The Bertz CT molecular complexity index is 487. The van der Waals surface area contributed by atoms with E-state index in [0.717, 1.165) is 5.56 Å². The highest BCUT2D eigenvalue weighted by atomic mass is 16.5. The molecule has 3 heteroatoms. The van der Waals surface area contributed by atoms with E-state index in [1.807, 2.05) is 12.1 Å². The lowest BCUT2D eigenvalue weighted by atomic mass is 10.1. The molecule has 1 aromatic rings. The van der Waals surface area contributed by atoms with Crippen molar-refractivity contribution in [3.63, 3.8) is 0 Å². The molecule has 0 radical (unpaired) electrons. The van der Waals surface area contributed by atoms with E-state index in [2.05, 4.69) is 38.8 Å². The van der Waals surface area contributed by atoms with Crippen LogP contribution in [0.5, 0.6) is 0 Å². The van der Waals surface area contributed by atoms with Gasteiger partial charge in [0.25, 0.3) is 0 Å². The van der Waals surface area contributed by atoms with E-state index in [9.17, 15) is 4.79 Å². The first-order chi connectivity index (χ1) is 8.93. The van der Waals surface area contributed by atoms with Crippen molar-refractivity contribution in [2.45, 2.75) is 34.3 Å². The van der Waals surface area contributed by atoms with Crippen molar-refractivity contribution in [1.82, 2.24) is 4.98 Å². The summed E-state index contributed by atoms with van der Waals surface area (Å²) in [6.07, 6.45) is 5.59. The van der Waals surface area contributed by atoms with Crippen LogP contribution in [0, 0.1) is 17.3 Å². The van der Waals surface area contributed by atoms with Gasteiger partial charge in [0.1, 0.15) is 6.61 Å². The Kier molecular flexibility index (Phi) is 3.74. The smallest absolute Gasteiger partial charge is 0.310 e. The molecule has 2 rings (SSSR count). The average Bonchev–Trinajstić information content (AvgIpc) is 2.88. The van der Waals surface area contributed by atoms with Gasteiger partial charge in [0.2, 0.25) is 0 Å². The molecule has 0 N–H and O–H groups in total. The summed E-state index contributed by atoms with van der Waals surface area (Å²) in [5.41, 5.74) is 2.25. The fraction of sp³-hybridized carbons (Fsp3) is 0.500. The summed E-state index contributed by atoms with van der Waals surface area (Å²) in [5, 5.41) is 0. The summed E-state index contributed by atoms with van der Waals surface area (Å²) < 4.78 is 5.40. The Labute approximate surface area is 114 Å². The van der Waals surface area contributed by atoms with Gasteiger partial charge in [-0.25, -0.2) is 0 Å². The SMILES string of the molecule is CC(C)=CC1C(C(=O)OCc2ccncc2)C1(C)C. The van der Waals surface area contributed by atoms with Gasteiger partial charge in [-0.15, -0.1) is 0 Å². The minimum atomic E-state index is -0.0932. The first-order valence-corrected chi connectivity index (χ1v) is 6.63. The third-order valence-corrected chi connectivity index (χ3v) is 3.81. The van der Waals surface area contributed by atoms with Crippen LogP contribution in [-0.4, -0.2) is 11.0 Å². The lowest BCUT2D eigenvalue weighted by Gasteiger charge is -2.05. The normalized spacial score (nSPS) is 23.6. The zero-order chi connectivity index (χ0) is 14.0. The van der Waals surface area contributed by atoms with Crippen LogP contribution < -0.4 is 0 Å². The molecular formula is C16H21NO2. The zero-order valence-electron chi connectivity index (χ0n) is 12.0. The van der Waals surface area contributed by atoms with Gasteiger partial charge in [-0.1, -0.05) is 25.5 Å². The Balaban J connectivity index is 1.93. The molecule has 0 bridgehead atoms. The number of aromatic nitrogens is 1. The van der Waals surface area contributed by atoms with Crippen LogP contribution in [0.15, 0.2) is 36.2 Å². The third-order valence-electron chi connectivity index (χ3n) is 3.81. The van der Waals surface area contributed by atoms with Gasteiger partial charge in [0.15, 0.2) is 0 Å². The Morgan fingerprint density at radius 3 is 2.58 bits per heavy atom. The molecular weight excluding hydrogens is 238 g/mol. The first kappa shape index (κ1) is 13.8. The van der Waals surface area contributed by atoms with Gasteiger partial charge in [-0.3, -0.25) is 9.78 Å². The maximum atomic E-state index is 12.1. The second-order valence-corrected chi connectivity index (χ2v) is 6.03. The third kappa shape index (κ3) is 3.03. The number of esters is 1. The predicted octanol–water partition coefficient (Wildman–Crippen LogP) is 3.36. The molecule has 1 aliphatic carbocycles. The summed E-state index contributed by atoms with van der Waals surface area (Å²) in [7, 11) is 0. The van der Waals surface area contributed by atoms with Gasteiger partial charge in [-0.2, -0.15) is 0 Å². The van der Waals surface area contributed by atoms with Crippen molar-refractivity contribution in [1.29, 1.82) is 0 Å². The van der Waals surface area contributed by atoms with E-state index in [-0.39, 0.29) is 17.3 Å². The highest BCUT2D eigenvalue weighted by Gasteiger charge is 2.61. The van der Waals surface area contributed by atoms with E-state index in [1.54, 1.807) is 12.4 Å². The Hall–Kier alpha value is -1.64. The molecule has 0 aromatic carbocycles. The number of hydrogen-bond donors (Lipinski definition) is 0. The molecule has 19 heavy (non-hydrogen) atoms. The minimum absolute atomic E-state index is 0.00997. The van der Waals surface area contributed by atoms with Gasteiger partial charge >= 0.3 is 5.97 Å². The molecule has 0 saturated heterocycles. The lowest BCUT2D eigenvalue weighted by Crippen LogP contribution is -2.10. The van der Waals surface area contributed by atoms with Gasteiger partial charge in [0.05, 0.1) is 5.92 Å². The van der Waals surface area contributed by atoms with Crippen molar-refractivity contribution in [3.8, 4) is 0 Å². The van der Waals surface area contributed by atoms with Crippen LogP contribution >= 0.6 is 0 Å². The molecule has 1 aliphatic rings. The van der Waals surface area contributed by atoms with Crippen molar-refractivity contribution in [3.05, 3.63) is 41.7 Å². The van der Waals surface area contributed by atoms with Crippen LogP contribution in [0.25, 0.3) is 0 Å². The topological polar surface area (TPSA) is 39.2 Å². The van der Waals surface area contributed by atoms with Gasteiger partial charge in [0, 0.05) is 12.4 Å². The fourth-order valence-electron chi connectivity index (χ4n) is 2.52. The van der Waals surface area contributed by atoms with E-state index in [4.69, 9.17) is 4.74 Å². The molecule has 0 amide bonds. The van der Waals surface area contributed by atoms with Crippen LogP contribution in [0.2, 0.25) is 0 Å². The number of rotatable bonds is 4. The van der Waals surface area contributed by atoms with Crippen LogP contribution in [0.1, 0.15) is 33.3 Å². The number of carbonyl (C=O) groups excluding carboxylic acids is 1. The fourth-order valence-corrected chi connectivity index (χ4v) is 2.52. The maximum absolute atomic E-state index is 12.1. The summed E-state index contributed by atoms with van der Waals surface area (Å²) in [6, 6.07) is 3.72. The molecule has 1 aromatic heterocycles. The zero-order valence-corrected chi connectivity index (χ0v) is 12.0. The largest absolute Gasteiger partial charge is 0.461 e. The summed E-state index contributed by atoms with van der Waals surface area (Å²) in [5.74, 6) is 0.205. The summed E-state index contributed by atoms with van der Waals surface area (Å²) in [6.45, 7) is 8.70. The molecule has 0 spiro atoms. The van der Waals surface area contributed by atoms with Gasteiger partial charge < -0.3 is 4.74 Å². The number of hydrogen-bond acceptors (Lipinski definition) is 3. The second-order valence-electron chi connectivity index (χ2n) is 6.03. The number of nitrogens with zero attached hydrogens (tertiary/aromatic N) is 1. The predicted molar refractivity (Wildman–Crippen MR) is 74.2 cm³/mol. The molecule has 102 valence electrons. The van der Waals surface area contributed by atoms with E-state index in [0.29, 0.717) is 12.5 Å². The highest BCUT2D eigenvalue weighted by Crippen LogP contribution is 2.59. The number of pyridine rings is 1. The molecule has 3 nitrogen and oxygen atoms in total. The summed E-state index contributed by atoms with van der Waals surface area (Å²) in [4.78, 5) is 16.1. The van der Waals surface area contributed by atoms with Crippen molar-refractivity contribution >= 4 is 5.97 Å². The standard InChI is InChI=1S/C16H21NO2/c1-11(2)9-13-14(16(13,3)4)15(18)19-10-12-5-7-17-8-6-12/h5-9,13-14H,10H2,1-4H3. The van der Waals surface area contributed by atoms with Crippen LogP contribution in [0.3, 0.4) is 0 Å². The molecule has 1 heterocycles. The van der Waals surface area contributed by atoms with Gasteiger partial charge in [-0.05, 0) is 42.9 Å². The van der Waals surface area contributed by atoms with Crippen molar-refractivity contribution < 1.29 is 9.53 Å². The van der Waals surface area contributed by atoms with Crippen LogP contribution in [-0.2, 0) is 16.1 Å². The summed E-state index contributed by atoms with van der Waals surface area (Å²) >= 11 is 0. The van der Waals surface area contributed by atoms with Crippen molar-refractivity contribution in [2.75, 3.05) is 0 Å². The number of allylic oxidation sites excluding steroid dienone is 2. The Morgan fingerprint density at radius 2 is 2.00 bits per heavy atom. The van der Waals surface area contributed by atoms with E-state index < -0.39 is 0 Å². The molecule has 0 aliphatic heterocycles. The molecule has 1 fully saturated rings. The average molecular weight is 259 g/mol. The molecule has 2 atom stereocenters. The Morgan fingerprint density at radius 1 is 1.37 bits per heavy atom. The van der Waals surface area contributed by atoms with E-state index in [1.165, 1.54) is 5.57 Å². The quantitative estimate of drug-likeness (QED) is 0.615. The van der Waals surface area contributed by atoms with Crippen molar-refractivity contribution in [2.24, 2.45) is 17.3 Å². The highest BCUT2D eigenvalue weighted by molar-refractivity contribution is 5.78. The number of ether oxygens (including phenoxy) is 1. The number of carbonyl (C=O) groups is 1. The van der Waals surface area contributed by atoms with Crippen LogP contribution in [0.4, 0.5) is 0 Å². The minimum Gasteiger partial charge on any atom is -0.461 e. The monoisotopic (exact) mass is 259 g/mol. The second kappa shape index (κ2) is 5.16. The van der Waals surface area contributed by atoms with E-state index >= 15 is 0 Å². The maximum Gasteiger partial charge on any atom is 0.310 e. The lowest BCUT2D eigenvalue weighted by molar-refractivity contribution is -0.147.